The van der Waals surface area contributed by atoms with Gasteiger partial charge in [0.05, 0.1) is 32.4 Å². The fraction of sp³-hybridized carbons (Fsp3) is 0.429. The molecule has 2 aliphatic heterocycles. The predicted molar refractivity (Wildman–Crippen MR) is 142 cm³/mol. The van der Waals surface area contributed by atoms with Crippen molar-refractivity contribution in [3.63, 3.8) is 0 Å². The van der Waals surface area contributed by atoms with Gasteiger partial charge in [-0.25, -0.2) is 9.59 Å². The van der Waals surface area contributed by atoms with E-state index in [1.54, 1.807) is 26.2 Å². The maximum absolute atomic E-state index is 13.3. The van der Waals surface area contributed by atoms with Gasteiger partial charge in [-0.05, 0) is 44.5 Å². The minimum absolute atomic E-state index is 0.220. The van der Waals surface area contributed by atoms with Crippen molar-refractivity contribution in [2.24, 2.45) is 0 Å². The summed E-state index contributed by atoms with van der Waals surface area (Å²) in [5, 5.41) is 5.77. The number of benzene rings is 2. The van der Waals surface area contributed by atoms with E-state index in [-0.39, 0.29) is 18.7 Å². The molecule has 0 saturated carbocycles. The second kappa shape index (κ2) is 11.6. The Balaban J connectivity index is 1.65. The highest BCUT2D eigenvalue weighted by atomic mass is 16.5. The van der Waals surface area contributed by atoms with Crippen molar-refractivity contribution in [3.8, 4) is 11.5 Å². The number of methoxy groups -OCH3 is 2. The number of esters is 1. The molecule has 2 N–H and O–H groups in total. The summed E-state index contributed by atoms with van der Waals surface area (Å²) in [6, 6.07) is 13.0. The van der Waals surface area contributed by atoms with Crippen molar-refractivity contribution in [3.05, 3.63) is 64.9 Å². The Morgan fingerprint density at radius 3 is 2.57 bits per heavy atom. The number of nitrogens with one attached hydrogen (secondary N) is 2. The van der Waals surface area contributed by atoms with E-state index in [0.717, 1.165) is 19.6 Å². The number of ether oxygens (including phenoxy) is 3. The van der Waals surface area contributed by atoms with Crippen LogP contribution < -0.4 is 25.0 Å². The molecule has 2 amide bonds. The van der Waals surface area contributed by atoms with Crippen molar-refractivity contribution in [1.29, 1.82) is 0 Å². The van der Waals surface area contributed by atoms with Crippen molar-refractivity contribution in [2.45, 2.75) is 32.9 Å². The summed E-state index contributed by atoms with van der Waals surface area (Å²) in [5.41, 5.74) is 3.96. The molecule has 198 valence electrons. The van der Waals surface area contributed by atoms with E-state index in [9.17, 15) is 9.59 Å². The van der Waals surface area contributed by atoms with Gasteiger partial charge in [0.1, 0.15) is 0 Å². The Morgan fingerprint density at radius 2 is 1.89 bits per heavy atom. The average Bonchev–Trinajstić information content (AvgIpc) is 2.88. The van der Waals surface area contributed by atoms with E-state index in [4.69, 9.17) is 14.2 Å². The summed E-state index contributed by atoms with van der Waals surface area (Å²) >= 11 is 0. The standard InChI is InChI=1S/C28H36N4O5/c1-6-37-27(33)24-22(17-31-13-14-32(19(3)16-31)20-10-7-9-18(2)15-20)29-28(34)30-25(24)21-11-8-12-23(35-4)26(21)36-5/h7-12,15,19,25H,6,13-14,16-17H2,1-5H3,(H2,29,30,34)/t19-,25+/m1/s1. The first-order chi connectivity index (χ1) is 17.9. The van der Waals surface area contributed by atoms with Crippen molar-refractivity contribution >= 4 is 17.7 Å². The monoisotopic (exact) mass is 508 g/mol. The minimum Gasteiger partial charge on any atom is -0.493 e. The van der Waals surface area contributed by atoms with Gasteiger partial charge in [0.15, 0.2) is 11.5 Å². The number of carbonyl (C=O) groups is 2. The average molecular weight is 509 g/mol. The molecule has 2 atom stereocenters. The molecule has 0 unspecified atom stereocenters. The van der Waals surface area contributed by atoms with Crippen LogP contribution in [0.5, 0.6) is 11.5 Å². The van der Waals surface area contributed by atoms with E-state index < -0.39 is 12.0 Å². The predicted octanol–water partition coefficient (Wildman–Crippen LogP) is 3.39. The summed E-state index contributed by atoms with van der Waals surface area (Å²) in [7, 11) is 3.09. The Bertz CT molecular complexity index is 1180. The number of hydrogen-bond acceptors (Lipinski definition) is 7. The first kappa shape index (κ1) is 26.3. The number of rotatable bonds is 8. The van der Waals surface area contributed by atoms with Crippen LogP contribution in [0.15, 0.2) is 53.7 Å². The topological polar surface area (TPSA) is 92.4 Å². The maximum atomic E-state index is 13.3. The number of anilines is 1. The Labute approximate surface area is 218 Å². The molecule has 2 aromatic carbocycles. The smallest absolute Gasteiger partial charge is 0.338 e. The van der Waals surface area contributed by atoms with E-state index in [2.05, 4.69) is 58.5 Å². The van der Waals surface area contributed by atoms with Gasteiger partial charge < -0.3 is 29.7 Å². The van der Waals surface area contributed by atoms with Crippen molar-refractivity contribution in [2.75, 3.05) is 51.9 Å². The van der Waals surface area contributed by atoms with Gasteiger partial charge in [0.2, 0.25) is 0 Å². The highest BCUT2D eigenvalue weighted by molar-refractivity contribution is 5.95. The van der Waals surface area contributed by atoms with E-state index in [1.807, 2.05) is 6.07 Å². The number of piperazine rings is 1. The van der Waals surface area contributed by atoms with Crippen LogP contribution in [0.2, 0.25) is 0 Å². The molecule has 2 aromatic rings. The van der Waals surface area contributed by atoms with E-state index >= 15 is 0 Å². The molecule has 9 nitrogen and oxygen atoms in total. The van der Waals surface area contributed by atoms with Crippen LogP contribution in [0, 0.1) is 6.92 Å². The number of amides is 2. The van der Waals surface area contributed by atoms with Gasteiger partial charge >= 0.3 is 12.0 Å². The molecule has 2 aliphatic rings. The van der Waals surface area contributed by atoms with Crippen LogP contribution in [0.4, 0.5) is 10.5 Å². The fourth-order valence-corrected chi connectivity index (χ4v) is 5.16. The lowest BCUT2D eigenvalue weighted by Crippen LogP contribution is -2.54. The first-order valence-corrected chi connectivity index (χ1v) is 12.6. The molecular weight excluding hydrogens is 472 g/mol. The molecule has 0 bridgehead atoms. The van der Waals surface area contributed by atoms with Crippen LogP contribution >= 0.6 is 0 Å². The summed E-state index contributed by atoms with van der Waals surface area (Å²) in [6.07, 6.45) is 0. The number of nitrogens with zero attached hydrogens (tertiary/aromatic N) is 2. The van der Waals surface area contributed by atoms with E-state index in [1.165, 1.54) is 18.4 Å². The molecule has 1 fully saturated rings. The summed E-state index contributed by atoms with van der Waals surface area (Å²) in [6.45, 7) is 9.10. The van der Waals surface area contributed by atoms with Gasteiger partial charge in [0, 0.05) is 49.2 Å². The Hall–Kier alpha value is -3.72. The van der Waals surface area contributed by atoms with E-state index in [0.29, 0.717) is 34.9 Å². The molecule has 9 heteroatoms. The lowest BCUT2D eigenvalue weighted by molar-refractivity contribution is -0.139. The van der Waals surface area contributed by atoms with Gasteiger partial charge in [-0.2, -0.15) is 0 Å². The molecule has 0 aliphatic carbocycles. The molecule has 37 heavy (non-hydrogen) atoms. The largest absolute Gasteiger partial charge is 0.493 e. The zero-order chi connectivity index (χ0) is 26.5. The second-order valence-electron chi connectivity index (χ2n) is 9.34. The first-order valence-electron chi connectivity index (χ1n) is 12.6. The van der Waals surface area contributed by atoms with Crippen LogP contribution in [0.3, 0.4) is 0 Å². The van der Waals surface area contributed by atoms with Gasteiger partial charge in [-0.3, -0.25) is 4.90 Å². The van der Waals surface area contributed by atoms with Crippen LogP contribution in [0.1, 0.15) is 31.0 Å². The molecule has 1 saturated heterocycles. The lowest BCUT2D eigenvalue weighted by Gasteiger charge is -2.42. The van der Waals surface area contributed by atoms with Gasteiger partial charge in [0.25, 0.3) is 0 Å². The summed E-state index contributed by atoms with van der Waals surface area (Å²) in [5.74, 6) is 0.490. The third kappa shape index (κ3) is 5.67. The molecule has 2 heterocycles. The van der Waals surface area contributed by atoms with Crippen molar-refractivity contribution < 1.29 is 23.8 Å². The normalized spacial score (nSPS) is 20.2. The molecule has 0 spiro atoms. The second-order valence-corrected chi connectivity index (χ2v) is 9.34. The fourth-order valence-electron chi connectivity index (χ4n) is 5.16. The number of carbonyl (C=O) groups excluding carboxylic acids is 2. The molecule has 0 radical (unpaired) electrons. The third-order valence-corrected chi connectivity index (χ3v) is 6.82. The van der Waals surface area contributed by atoms with Gasteiger partial charge in [-0.15, -0.1) is 0 Å². The maximum Gasteiger partial charge on any atom is 0.338 e. The number of hydrogen-bond donors (Lipinski definition) is 2. The number of para-hydroxylation sites is 1. The minimum atomic E-state index is -0.751. The molecule has 4 rings (SSSR count). The Morgan fingerprint density at radius 1 is 1.11 bits per heavy atom. The van der Waals surface area contributed by atoms with Crippen LogP contribution in [-0.4, -0.2) is 69.9 Å². The number of urea groups is 1. The van der Waals surface area contributed by atoms with Gasteiger partial charge in [-0.1, -0.05) is 24.3 Å². The zero-order valence-corrected chi connectivity index (χ0v) is 22.2. The third-order valence-electron chi connectivity index (χ3n) is 6.82. The lowest BCUT2D eigenvalue weighted by atomic mass is 9.93. The van der Waals surface area contributed by atoms with Crippen LogP contribution in [-0.2, 0) is 9.53 Å². The summed E-state index contributed by atoms with van der Waals surface area (Å²) < 4.78 is 16.5. The zero-order valence-electron chi connectivity index (χ0n) is 22.2. The quantitative estimate of drug-likeness (QED) is 0.528. The highest BCUT2D eigenvalue weighted by Crippen LogP contribution is 2.39. The SMILES string of the molecule is CCOC(=O)C1=C(CN2CCN(c3cccc(C)c3)[C@H](C)C2)NC(=O)N[C@H]1c1cccc(OC)c1OC. The summed E-state index contributed by atoms with van der Waals surface area (Å²) in [4.78, 5) is 30.7. The Kier molecular flexibility index (Phi) is 8.23. The molecule has 0 aromatic heterocycles. The highest BCUT2D eigenvalue weighted by Gasteiger charge is 2.37. The van der Waals surface area contributed by atoms with Crippen molar-refractivity contribution in [1.82, 2.24) is 15.5 Å². The molecular formula is C28H36N4O5. The number of aryl methyl sites for hydroxylation is 1. The van der Waals surface area contributed by atoms with Crippen LogP contribution in [0.25, 0.3) is 0 Å².